The SMILES string of the molecule is C[C@@H](NCP(CN[C@H](C)C(=O)O)CN[C@H](C)C(=O)O)C(=O)O. The Kier molecular flexibility index (Phi) is 9.84. The van der Waals surface area contributed by atoms with Crippen LogP contribution in [0.3, 0.4) is 0 Å². The number of hydrogen-bond acceptors (Lipinski definition) is 6. The van der Waals surface area contributed by atoms with E-state index in [0.717, 1.165) is 0 Å². The van der Waals surface area contributed by atoms with Gasteiger partial charge in [0, 0.05) is 18.9 Å². The van der Waals surface area contributed by atoms with Crippen molar-refractivity contribution in [3.63, 3.8) is 0 Å². The van der Waals surface area contributed by atoms with Crippen LogP contribution < -0.4 is 16.0 Å². The molecule has 6 N–H and O–H groups in total. The normalized spacial score (nSPS) is 15.3. The molecule has 9 nitrogen and oxygen atoms in total. The average molecular weight is 337 g/mol. The van der Waals surface area contributed by atoms with Crippen molar-refractivity contribution in [1.82, 2.24) is 16.0 Å². The summed E-state index contributed by atoms with van der Waals surface area (Å²) in [4.78, 5) is 32.3. The van der Waals surface area contributed by atoms with Crippen molar-refractivity contribution in [1.29, 1.82) is 0 Å². The maximum atomic E-state index is 10.8. The van der Waals surface area contributed by atoms with Gasteiger partial charge in [-0.25, -0.2) is 0 Å². The summed E-state index contributed by atoms with van der Waals surface area (Å²) in [6.07, 6.45) is 1.13. The van der Waals surface area contributed by atoms with Gasteiger partial charge in [-0.3, -0.25) is 14.4 Å². The van der Waals surface area contributed by atoms with Crippen LogP contribution in [0.4, 0.5) is 0 Å². The lowest BCUT2D eigenvalue weighted by Gasteiger charge is -2.23. The predicted molar refractivity (Wildman–Crippen MR) is 82.2 cm³/mol. The number of carboxylic acid groups (broad SMARTS) is 3. The van der Waals surface area contributed by atoms with Crippen molar-refractivity contribution in [3.05, 3.63) is 0 Å². The second-order valence-corrected chi connectivity index (χ2v) is 7.23. The number of hydrogen-bond donors (Lipinski definition) is 6. The van der Waals surface area contributed by atoms with Crippen LogP contribution in [-0.4, -0.2) is 70.2 Å². The Balaban J connectivity index is 4.44. The fourth-order valence-corrected chi connectivity index (χ4v) is 3.16. The summed E-state index contributed by atoms with van der Waals surface area (Å²) >= 11 is 0. The molecular formula is C12H24N3O6P. The van der Waals surface area contributed by atoms with Crippen LogP contribution >= 0.6 is 7.92 Å². The Morgan fingerprint density at radius 3 is 1.14 bits per heavy atom. The molecule has 0 unspecified atom stereocenters. The lowest BCUT2D eigenvalue weighted by atomic mass is 10.4. The number of rotatable bonds is 12. The Bertz CT molecular complexity index is 338. The molecule has 0 fully saturated rings. The summed E-state index contributed by atoms with van der Waals surface area (Å²) < 4.78 is 0. The highest BCUT2D eigenvalue weighted by Gasteiger charge is 2.18. The van der Waals surface area contributed by atoms with Gasteiger partial charge in [-0.1, -0.05) is 7.92 Å². The van der Waals surface area contributed by atoms with Gasteiger partial charge in [-0.15, -0.1) is 0 Å². The molecule has 22 heavy (non-hydrogen) atoms. The third-order valence-electron chi connectivity index (χ3n) is 2.97. The van der Waals surface area contributed by atoms with E-state index in [2.05, 4.69) is 16.0 Å². The minimum Gasteiger partial charge on any atom is -0.480 e. The minimum atomic E-state index is -0.978. The third kappa shape index (κ3) is 8.89. The minimum absolute atomic E-state index is 0.376. The van der Waals surface area contributed by atoms with Crippen LogP contribution in [0.1, 0.15) is 20.8 Å². The highest BCUT2D eigenvalue weighted by molar-refractivity contribution is 7.57. The van der Waals surface area contributed by atoms with Crippen molar-refractivity contribution >= 4 is 25.8 Å². The summed E-state index contributed by atoms with van der Waals surface area (Å²) in [5.74, 6) is -2.93. The number of carboxylic acids is 3. The highest BCUT2D eigenvalue weighted by atomic mass is 31.1. The van der Waals surface area contributed by atoms with E-state index in [1.807, 2.05) is 0 Å². The van der Waals surface area contributed by atoms with Gasteiger partial charge in [0.2, 0.25) is 0 Å². The molecule has 10 heteroatoms. The fourth-order valence-electron chi connectivity index (χ4n) is 1.23. The molecule has 0 bridgehead atoms. The van der Waals surface area contributed by atoms with Gasteiger partial charge in [-0.2, -0.15) is 0 Å². The van der Waals surface area contributed by atoms with E-state index in [1.165, 1.54) is 20.8 Å². The van der Waals surface area contributed by atoms with Crippen LogP contribution in [-0.2, 0) is 14.4 Å². The van der Waals surface area contributed by atoms with Gasteiger partial charge in [-0.05, 0) is 20.8 Å². The summed E-state index contributed by atoms with van der Waals surface area (Å²) in [6, 6.07) is -2.17. The highest BCUT2D eigenvalue weighted by Crippen LogP contribution is 2.31. The first-order valence-electron chi connectivity index (χ1n) is 6.76. The quantitative estimate of drug-likeness (QED) is 0.260. The summed E-state index contributed by atoms with van der Waals surface area (Å²) in [7, 11) is -0.856. The van der Waals surface area contributed by atoms with E-state index in [4.69, 9.17) is 15.3 Å². The molecule has 0 radical (unpaired) electrons. The van der Waals surface area contributed by atoms with Crippen molar-refractivity contribution in [2.75, 3.05) is 18.9 Å². The third-order valence-corrected chi connectivity index (χ3v) is 4.86. The number of aliphatic carboxylic acids is 3. The summed E-state index contributed by atoms with van der Waals surface area (Å²) in [5, 5.41) is 35.0. The summed E-state index contributed by atoms with van der Waals surface area (Å²) in [5.41, 5.74) is 0. The molecule has 0 aromatic carbocycles. The molecule has 0 saturated carbocycles. The van der Waals surface area contributed by atoms with Crippen LogP contribution in [0, 0.1) is 0 Å². The molecule has 0 amide bonds. The Morgan fingerprint density at radius 1 is 0.727 bits per heavy atom. The molecule has 0 aliphatic heterocycles. The van der Waals surface area contributed by atoms with Crippen LogP contribution in [0.15, 0.2) is 0 Å². The van der Waals surface area contributed by atoms with Crippen LogP contribution in [0.5, 0.6) is 0 Å². The van der Waals surface area contributed by atoms with E-state index in [0.29, 0.717) is 18.9 Å². The zero-order chi connectivity index (χ0) is 17.3. The molecule has 3 atom stereocenters. The zero-order valence-electron chi connectivity index (χ0n) is 12.9. The first kappa shape index (κ1) is 20.7. The largest absolute Gasteiger partial charge is 0.480 e. The second kappa shape index (κ2) is 10.4. The molecule has 0 heterocycles. The monoisotopic (exact) mass is 337 g/mol. The number of nitrogens with one attached hydrogen (secondary N) is 3. The smallest absolute Gasteiger partial charge is 0.320 e. The first-order chi connectivity index (χ1) is 10.1. The van der Waals surface area contributed by atoms with Gasteiger partial charge in [0.05, 0.1) is 0 Å². The maximum absolute atomic E-state index is 10.8. The molecule has 0 aliphatic rings. The van der Waals surface area contributed by atoms with Gasteiger partial charge in [0.25, 0.3) is 0 Å². The van der Waals surface area contributed by atoms with Gasteiger partial charge >= 0.3 is 17.9 Å². The predicted octanol–water partition coefficient (Wildman–Crippen LogP) is -0.471. The van der Waals surface area contributed by atoms with Crippen LogP contribution in [0.25, 0.3) is 0 Å². The van der Waals surface area contributed by atoms with Crippen molar-refractivity contribution in [3.8, 4) is 0 Å². The summed E-state index contributed by atoms with van der Waals surface area (Å²) in [6.45, 7) is 4.53. The molecule has 0 saturated heterocycles. The maximum Gasteiger partial charge on any atom is 0.320 e. The molecular weight excluding hydrogens is 313 g/mol. The van der Waals surface area contributed by atoms with E-state index in [9.17, 15) is 14.4 Å². The van der Waals surface area contributed by atoms with Crippen molar-refractivity contribution in [2.45, 2.75) is 38.9 Å². The molecule has 0 aromatic heterocycles. The van der Waals surface area contributed by atoms with E-state index < -0.39 is 44.0 Å². The van der Waals surface area contributed by atoms with Gasteiger partial charge in [0.15, 0.2) is 0 Å². The number of carbonyl (C=O) groups is 3. The fraction of sp³-hybridized carbons (Fsp3) is 0.750. The molecule has 0 rings (SSSR count). The van der Waals surface area contributed by atoms with Crippen molar-refractivity contribution < 1.29 is 29.7 Å². The standard InChI is InChI=1S/C12H24N3O6P/c1-7(10(16)17)13-4-22(5-14-8(2)11(18)19)6-15-9(3)12(20)21/h7-9,13-15H,4-6H2,1-3H3,(H,16,17)(H,18,19)(H,20,21)/t7-,8-,9-/m1/s1. The van der Waals surface area contributed by atoms with Crippen LogP contribution in [0.2, 0.25) is 0 Å². The average Bonchev–Trinajstić information content (AvgIpc) is 2.44. The second-order valence-electron chi connectivity index (χ2n) is 4.94. The Morgan fingerprint density at radius 2 is 0.955 bits per heavy atom. The Labute approximate surface area is 130 Å². The first-order valence-corrected chi connectivity index (χ1v) is 8.65. The molecule has 0 spiro atoms. The molecule has 0 aliphatic carbocycles. The Hall–Kier alpha value is -1.28. The van der Waals surface area contributed by atoms with Crippen molar-refractivity contribution in [2.24, 2.45) is 0 Å². The lowest BCUT2D eigenvalue weighted by Crippen LogP contribution is -2.40. The van der Waals surface area contributed by atoms with E-state index >= 15 is 0 Å². The molecule has 128 valence electrons. The topological polar surface area (TPSA) is 148 Å². The van der Waals surface area contributed by atoms with Gasteiger partial charge in [0.1, 0.15) is 18.1 Å². The molecule has 0 aromatic rings. The van der Waals surface area contributed by atoms with E-state index in [-0.39, 0.29) is 0 Å². The lowest BCUT2D eigenvalue weighted by molar-refractivity contribution is -0.139. The van der Waals surface area contributed by atoms with E-state index in [1.54, 1.807) is 0 Å². The zero-order valence-corrected chi connectivity index (χ0v) is 13.8. The van der Waals surface area contributed by atoms with Gasteiger partial charge < -0.3 is 31.3 Å².